The Morgan fingerprint density at radius 3 is 2.54 bits per heavy atom. The van der Waals surface area contributed by atoms with E-state index in [1.807, 2.05) is 0 Å². The van der Waals surface area contributed by atoms with Crippen LogP contribution >= 0.6 is 11.3 Å². The van der Waals surface area contributed by atoms with Crippen LogP contribution in [0.5, 0.6) is 0 Å². The van der Waals surface area contributed by atoms with Crippen molar-refractivity contribution in [2.75, 3.05) is 34.7 Å². The molecule has 180 valence electrons. The summed E-state index contributed by atoms with van der Waals surface area (Å²) in [6.45, 7) is 0.0825. The molecule has 3 aromatic rings. The Hall–Kier alpha value is -3.77. The average Bonchev–Trinajstić information content (AvgIpc) is 3.54. The van der Waals surface area contributed by atoms with Crippen LogP contribution in [0.1, 0.15) is 16.1 Å². The van der Waals surface area contributed by atoms with E-state index in [1.54, 1.807) is 47.3 Å². The fourth-order valence-corrected chi connectivity index (χ4v) is 5.79. The van der Waals surface area contributed by atoms with E-state index in [1.165, 1.54) is 28.4 Å². The second-order valence-electron chi connectivity index (χ2n) is 8.52. The zero-order chi connectivity index (χ0) is 24.8. The maximum atomic E-state index is 13.5. The fourth-order valence-electron chi connectivity index (χ4n) is 4.70. The van der Waals surface area contributed by atoms with Gasteiger partial charge < -0.3 is 15.5 Å². The van der Waals surface area contributed by atoms with Crippen LogP contribution < -0.4 is 15.4 Å². The highest BCUT2D eigenvalue weighted by Gasteiger charge is 2.60. The van der Waals surface area contributed by atoms with Crippen molar-refractivity contribution in [1.82, 2.24) is 9.88 Å². The number of carbonyl (C=O) groups is 3. The summed E-state index contributed by atoms with van der Waals surface area (Å²) in [4.78, 5) is 45.6. The molecule has 0 bridgehead atoms. The normalized spacial score (nSPS) is 21.0. The van der Waals surface area contributed by atoms with Gasteiger partial charge in [-0.2, -0.15) is 0 Å². The summed E-state index contributed by atoms with van der Waals surface area (Å²) < 4.78 is 25.2. The number of thiazole rings is 1. The van der Waals surface area contributed by atoms with Crippen LogP contribution in [0.2, 0.25) is 0 Å². The van der Waals surface area contributed by atoms with Gasteiger partial charge in [-0.25, -0.2) is 13.4 Å². The first-order chi connectivity index (χ1) is 16.7. The average molecular weight is 512 g/mol. The lowest BCUT2D eigenvalue weighted by atomic mass is 9.73. The van der Waals surface area contributed by atoms with Crippen molar-refractivity contribution in [3.63, 3.8) is 0 Å². The van der Waals surface area contributed by atoms with Crippen LogP contribution in [0.3, 0.4) is 0 Å². The molecule has 12 heteroatoms. The molecule has 1 fully saturated rings. The van der Waals surface area contributed by atoms with Crippen molar-refractivity contribution in [2.45, 2.75) is 5.41 Å². The van der Waals surface area contributed by atoms with Gasteiger partial charge in [-0.05, 0) is 35.9 Å². The zero-order valence-electron chi connectivity index (χ0n) is 18.5. The number of sulfonamides is 1. The third kappa shape index (κ3) is 4.15. The molecular formula is C23H21N5O5S2. The number of rotatable bonds is 5. The van der Waals surface area contributed by atoms with E-state index in [-0.39, 0.29) is 30.6 Å². The lowest BCUT2D eigenvalue weighted by Crippen LogP contribution is -2.47. The van der Waals surface area contributed by atoms with Crippen molar-refractivity contribution in [3.8, 4) is 0 Å². The predicted molar refractivity (Wildman–Crippen MR) is 132 cm³/mol. The first-order valence-electron chi connectivity index (χ1n) is 10.6. The summed E-state index contributed by atoms with van der Waals surface area (Å²) in [6.07, 6.45) is 1.05. The summed E-state index contributed by atoms with van der Waals surface area (Å²) in [5.41, 5.74) is 2.66. The Kier molecular flexibility index (Phi) is 5.56. The van der Waals surface area contributed by atoms with Crippen LogP contribution in [-0.2, 0) is 25.0 Å². The smallest absolute Gasteiger partial charge is 0.273 e. The number of benzene rings is 2. The van der Waals surface area contributed by atoms with Crippen molar-refractivity contribution in [3.05, 3.63) is 70.7 Å². The Morgan fingerprint density at radius 1 is 1.14 bits per heavy atom. The molecule has 2 aliphatic heterocycles. The number of anilines is 3. The van der Waals surface area contributed by atoms with E-state index in [2.05, 4.69) is 20.3 Å². The van der Waals surface area contributed by atoms with E-state index in [4.69, 9.17) is 0 Å². The molecular weight excluding hydrogens is 490 g/mol. The number of amides is 3. The second kappa shape index (κ2) is 8.47. The first-order valence-corrected chi connectivity index (χ1v) is 13.5. The van der Waals surface area contributed by atoms with Crippen molar-refractivity contribution >= 4 is 56.1 Å². The first kappa shape index (κ1) is 23.0. The molecule has 3 amide bonds. The van der Waals surface area contributed by atoms with Crippen LogP contribution in [0.15, 0.2) is 59.4 Å². The van der Waals surface area contributed by atoms with E-state index < -0.39 is 27.3 Å². The van der Waals surface area contributed by atoms with Gasteiger partial charge in [-0.3, -0.25) is 19.1 Å². The summed E-state index contributed by atoms with van der Waals surface area (Å²) in [6, 6.07) is 13.3. The topological polar surface area (TPSA) is 138 Å². The molecule has 0 aliphatic carbocycles. The van der Waals surface area contributed by atoms with Gasteiger partial charge >= 0.3 is 0 Å². The maximum absolute atomic E-state index is 13.5. The number of hydrogen-bond donors (Lipinski definition) is 3. The largest absolute Gasteiger partial charge is 0.335 e. The van der Waals surface area contributed by atoms with E-state index in [9.17, 15) is 22.8 Å². The molecule has 35 heavy (non-hydrogen) atoms. The number of fused-ring (bicyclic) bond motifs is 2. The van der Waals surface area contributed by atoms with Crippen LogP contribution in [0.4, 0.5) is 17.1 Å². The number of nitrogens with one attached hydrogen (secondary N) is 3. The number of carbonyl (C=O) groups excluding carboxylic acids is 3. The number of aromatic nitrogens is 1. The van der Waals surface area contributed by atoms with E-state index >= 15 is 0 Å². The SMILES string of the molecule is CS(=O)(=O)Nc1ccc(NC(=O)C2CN(C(=O)c3cscn3)CC23C(=O)Nc2ccccc23)cc1. The molecule has 0 saturated carbocycles. The third-order valence-electron chi connectivity index (χ3n) is 6.21. The van der Waals surface area contributed by atoms with Gasteiger partial charge in [0.2, 0.25) is 21.8 Å². The van der Waals surface area contributed by atoms with Gasteiger partial charge in [-0.15, -0.1) is 11.3 Å². The van der Waals surface area contributed by atoms with Crippen LogP contribution in [0, 0.1) is 5.92 Å². The molecule has 1 aromatic heterocycles. The molecule has 2 unspecified atom stereocenters. The lowest BCUT2D eigenvalue weighted by molar-refractivity contribution is -0.128. The number of likely N-dealkylation sites (tertiary alicyclic amines) is 1. The molecule has 0 radical (unpaired) electrons. The van der Waals surface area contributed by atoms with Crippen LogP contribution in [0.25, 0.3) is 0 Å². The Labute approximate surface area is 205 Å². The third-order valence-corrected chi connectivity index (χ3v) is 7.40. The molecule has 3 N–H and O–H groups in total. The molecule has 5 rings (SSSR count). The molecule has 10 nitrogen and oxygen atoms in total. The minimum Gasteiger partial charge on any atom is -0.335 e. The Bertz CT molecular complexity index is 1420. The summed E-state index contributed by atoms with van der Waals surface area (Å²) >= 11 is 1.29. The van der Waals surface area contributed by atoms with Gasteiger partial charge in [-0.1, -0.05) is 18.2 Å². The highest BCUT2D eigenvalue weighted by molar-refractivity contribution is 7.92. The Balaban J connectivity index is 1.46. The summed E-state index contributed by atoms with van der Waals surface area (Å²) in [5.74, 6) is -1.95. The van der Waals surface area contributed by atoms with E-state index in [0.29, 0.717) is 22.6 Å². The molecule has 2 aliphatic rings. The highest BCUT2D eigenvalue weighted by Crippen LogP contribution is 2.48. The number of para-hydroxylation sites is 1. The standard InChI is InChI=1S/C23H21N5O5S2/c1-35(32,33)27-15-8-6-14(7-9-15)25-20(29)17-10-28(21(30)19-11-34-13-24-19)12-23(17)16-4-2-3-5-18(16)26-22(23)31/h2-9,11,13,17,27H,10,12H2,1H3,(H,25,29)(H,26,31). The van der Waals surface area contributed by atoms with Crippen molar-refractivity contribution < 1.29 is 22.8 Å². The predicted octanol–water partition coefficient (Wildman–Crippen LogP) is 2.12. The summed E-state index contributed by atoms with van der Waals surface area (Å²) in [7, 11) is -3.43. The minimum absolute atomic E-state index is 0.0394. The maximum Gasteiger partial charge on any atom is 0.273 e. The highest BCUT2D eigenvalue weighted by atomic mass is 32.2. The molecule has 3 heterocycles. The van der Waals surface area contributed by atoms with Gasteiger partial charge in [0, 0.05) is 35.5 Å². The van der Waals surface area contributed by atoms with E-state index in [0.717, 1.165) is 6.26 Å². The number of nitrogens with zero attached hydrogens (tertiary/aromatic N) is 2. The van der Waals surface area contributed by atoms with Gasteiger partial charge in [0.25, 0.3) is 5.91 Å². The fraction of sp³-hybridized carbons (Fsp3) is 0.217. The monoisotopic (exact) mass is 511 g/mol. The molecule has 2 aromatic carbocycles. The number of hydrogen-bond acceptors (Lipinski definition) is 7. The van der Waals surface area contributed by atoms with Gasteiger partial charge in [0.1, 0.15) is 11.1 Å². The van der Waals surface area contributed by atoms with Crippen molar-refractivity contribution in [1.29, 1.82) is 0 Å². The minimum atomic E-state index is -3.43. The quantitative estimate of drug-likeness (QED) is 0.480. The second-order valence-corrected chi connectivity index (χ2v) is 11.0. The molecule has 1 saturated heterocycles. The summed E-state index contributed by atoms with van der Waals surface area (Å²) in [5, 5.41) is 7.33. The molecule has 1 spiro atoms. The Morgan fingerprint density at radius 2 is 1.86 bits per heavy atom. The van der Waals surface area contributed by atoms with Crippen molar-refractivity contribution in [2.24, 2.45) is 5.92 Å². The molecule has 2 atom stereocenters. The zero-order valence-corrected chi connectivity index (χ0v) is 20.2. The lowest BCUT2D eigenvalue weighted by Gasteiger charge is -2.27. The van der Waals surface area contributed by atoms with Crippen LogP contribution in [-0.4, -0.2) is 55.4 Å². The van der Waals surface area contributed by atoms with Gasteiger partial charge in [0.05, 0.1) is 17.7 Å². The van der Waals surface area contributed by atoms with Gasteiger partial charge in [0.15, 0.2) is 0 Å².